The molecule has 0 saturated carbocycles. The SMILES string of the molecule is c1ccc(-c2ccc(N(c3ccc(-c4ccccc4)cc3)c3c4ccccc4c(-c4ccc(N(c5ccccc5)c5cc6ccccc6c6c5oc5ccc7ccccc7c56)cc4)c4ccccc34)cc2)cc1. The van der Waals surface area contributed by atoms with Gasteiger partial charge in [0.05, 0.1) is 11.4 Å². The van der Waals surface area contributed by atoms with Crippen LogP contribution >= 0.6 is 0 Å². The van der Waals surface area contributed by atoms with Crippen molar-refractivity contribution in [3.05, 3.63) is 279 Å². The molecule has 0 unspecified atom stereocenters. The average molecular weight is 931 g/mol. The smallest absolute Gasteiger partial charge is 0.160 e. The number of nitrogens with zero attached hydrogens (tertiary/aromatic N) is 2. The van der Waals surface area contributed by atoms with Crippen molar-refractivity contribution in [1.82, 2.24) is 0 Å². The molecule has 1 aromatic heterocycles. The van der Waals surface area contributed by atoms with Gasteiger partial charge < -0.3 is 14.2 Å². The predicted octanol–water partition coefficient (Wildman–Crippen LogP) is 20.1. The summed E-state index contributed by atoms with van der Waals surface area (Å²) in [7, 11) is 0. The Morgan fingerprint density at radius 3 is 1.21 bits per heavy atom. The van der Waals surface area contributed by atoms with Crippen LogP contribution in [-0.4, -0.2) is 0 Å². The van der Waals surface area contributed by atoms with E-state index < -0.39 is 0 Å². The molecule has 3 nitrogen and oxygen atoms in total. The molecule has 0 bridgehead atoms. The lowest BCUT2D eigenvalue weighted by molar-refractivity contribution is 0.669. The Morgan fingerprint density at radius 1 is 0.260 bits per heavy atom. The number of furan rings is 1. The third kappa shape index (κ3) is 7.21. The number of benzene rings is 13. The number of hydrogen-bond donors (Lipinski definition) is 0. The van der Waals surface area contributed by atoms with Gasteiger partial charge in [-0.25, -0.2) is 0 Å². The summed E-state index contributed by atoms with van der Waals surface area (Å²) in [6.07, 6.45) is 0. The van der Waals surface area contributed by atoms with Crippen LogP contribution in [0.2, 0.25) is 0 Å². The minimum atomic E-state index is 0.861. The van der Waals surface area contributed by atoms with Crippen LogP contribution in [0.4, 0.5) is 34.1 Å². The molecule has 0 atom stereocenters. The molecular weight excluding hydrogens is 885 g/mol. The average Bonchev–Trinajstić information content (AvgIpc) is 3.90. The molecule has 0 spiro atoms. The van der Waals surface area contributed by atoms with Gasteiger partial charge in [0.1, 0.15) is 5.58 Å². The third-order valence-corrected chi connectivity index (χ3v) is 14.6. The highest BCUT2D eigenvalue weighted by Gasteiger charge is 2.25. The lowest BCUT2D eigenvalue weighted by Crippen LogP contribution is -2.11. The lowest BCUT2D eigenvalue weighted by Gasteiger charge is -2.30. The zero-order valence-electron chi connectivity index (χ0n) is 39.9. The summed E-state index contributed by atoms with van der Waals surface area (Å²) in [6, 6.07) is 101. The molecule has 1 heterocycles. The van der Waals surface area contributed by atoms with Gasteiger partial charge >= 0.3 is 0 Å². The molecule has 0 saturated heterocycles. The molecule has 14 aromatic rings. The van der Waals surface area contributed by atoms with Gasteiger partial charge in [-0.05, 0) is 126 Å². The Kier molecular flexibility index (Phi) is 10.2. The van der Waals surface area contributed by atoms with E-state index in [0.717, 1.165) is 67.0 Å². The highest BCUT2D eigenvalue weighted by atomic mass is 16.3. The van der Waals surface area contributed by atoms with Crippen molar-refractivity contribution < 1.29 is 4.42 Å². The maximum atomic E-state index is 7.01. The Balaban J connectivity index is 0.948. The largest absolute Gasteiger partial charge is 0.454 e. The number of fused-ring (bicyclic) bond motifs is 9. The minimum Gasteiger partial charge on any atom is -0.454 e. The minimum absolute atomic E-state index is 0.861. The third-order valence-electron chi connectivity index (χ3n) is 14.6. The van der Waals surface area contributed by atoms with E-state index in [4.69, 9.17) is 4.42 Å². The molecule has 342 valence electrons. The molecule has 0 aliphatic carbocycles. The first kappa shape index (κ1) is 42.2. The van der Waals surface area contributed by atoms with Crippen molar-refractivity contribution in [2.75, 3.05) is 9.80 Å². The lowest BCUT2D eigenvalue weighted by atomic mass is 9.89. The van der Waals surface area contributed by atoms with Crippen LogP contribution in [0.3, 0.4) is 0 Å². The normalized spacial score (nSPS) is 11.6. The van der Waals surface area contributed by atoms with Crippen LogP contribution in [-0.2, 0) is 0 Å². The first-order chi connectivity index (χ1) is 36.2. The van der Waals surface area contributed by atoms with Gasteiger partial charge in [-0.2, -0.15) is 0 Å². The van der Waals surface area contributed by atoms with E-state index in [1.54, 1.807) is 0 Å². The van der Waals surface area contributed by atoms with Crippen LogP contribution in [0.15, 0.2) is 283 Å². The molecule has 0 aliphatic rings. The first-order valence-electron chi connectivity index (χ1n) is 25.0. The maximum Gasteiger partial charge on any atom is 0.160 e. The molecule has 0 aliphatic heterocycles. The predicted molar refractivity (Wildman–Crippen MR) is 309 cm³/mol. The Bertz CT molecular complexity index is 4200. The molecule has 0 radical (unpaired) electrons. The maximum absolute atomic E-state index is 7.01. The van der Waals surface area contributed by atoms with Crippen molar-refractivity contribution >= 4 is 99.2 Å². The molecule has 3 heteroatoms. The fraction of sp³-hybridized carbons (Fsp3) is 0. The summed E-state index contributed by atoms with van der Waals surface area (Å²) in [6.45, 7) is 0. The summed E-state index contributed by atoms with van der Waals surface area (Å²) in [4.78, 5) is 4.80. The highest BCUT2D eigenvalue weighted by molar-refractivity contribution is 6.29. The fourth-order valence-electron chi connectivity index (χ4n) is 11.2. The van der Waals surface area contributed by atoms with Gasteiger partial charge in [-0.15, -0.1) is 0 Å². The second kappa shape index (κ2) is 17.6. The van der Waals surface area contributed by atoms with Gasteiger partial charge in [0.2, 0.25) is 0 Å². The van der Waals surface area contributed by atoms with E-state index in [2.05, 4.69) is 289 Å². The van der Waals surface area contributed by atoms with Gasteiger partial charge in [-0.1, -0.05) is 218 Å². The standard InChI is InChI=1S/C70H46N2O/c1-4-18-47(19-5-1)49-32-39-56(40-33-49)72(57-41-34-50(35-42-57)48-20-6-2-7-21-48)69-62-30-16-14-28-60(62)66(61-29-15-17-31-63(61)69)52-36-43-55(44-37-52)71(54-24-8-3-9-25-54)64-46-53-23-11-13-27-59(53)68-67-58-26-12-10-22-51(58)38-45-65(67)73-70(64)68/h1-46H. The Hall–Kier alpha value is -9.70. The topological polar surface area (TPSA) is 19.6 Å². The quantitative estimate of drug-likeness (QED) is 0.135. The van der Waals surface area contributed by atoms with E-state index >= 15 is 0 Å². The van der Waals surface area contributed by atoms with Crippen LogP contribution in [0.1, 0.15) is 0 Å². The first-order valence-corrected chi connectivity index (χ1v) is 25.0. The van der Waals surface area contributed by atoms with Crippen LogP contribution < -0.4 is 9.80 Å². The van der Waals surface area contributed by atoms with Gasteiger partial charge in [0, 0.05) is 44.3 Å². The van der Waals surface area contributed by atoms with Crippen molar-refractivity contribution in [2.24, 2.45) is 0 Å². The summed E-state index contributed by atoms with van der Waals surface area (Å²) in [5.41, 5.74) is 15.2. The molecule has 13 aromatic carbocycles. The monoisotopic (exact) mass is 930 g/mol. The molecule has 0 fully saturated rings. The van der Waals surface area contributed by atoms with Gasteiger partial charge in [0.15, 0.2) is 5.58 Å². The highest BCUT2D eigenvalue weighted by Crippen LogP contribution is 2.51. The number of rotatable bonds is 9. The fourth-order valence-corrected chi connectivity index (χ4v) is 11.2. The van der Waals surface area contributed by atoms with Crippen molar-refractivity contribution in [3.8, 4) is 33.4 Å². The van der Waals surface area contributed by atoms with E-state index in [0.29, 0.717) is 0 Å². The second-order valence-electron chi connectivity index (χ2n) is 18.8. The summed E-state index contributed by atoms with van der Waals surface area (Å²) < 4.78 is 7.01. The number of anilines is 6. The van der Waals surface area contributed by atoms with Gasteiger partial charge in [-0.3, -0.25) is 0 Å². The van der Waals surface area contributed by atoms with Crippen LogP contribution in [0.25, 0.3) is 98.4 Å². The summed E-state index contributed by atoms with van der Waals surface area (Å²) in [5, 5.41) is 11.7. The van der Waals surface area contributed by atoms with E-state index in [1.807, 2.05) is 0 Å². The summed E-state index contributed by atoms with van der Waals surface area (Å²) >= 11 is 0. The van der Waals surface area contributed by atoms with Crippen molar-refractivity contribution in [3.63, 3.8) is 0 Å². The van der Waals surface area contributed by atoms with Crippen LogP contribution in [0, 0.1) is 0 Å². The molecular formula is C70H46N2O. The number of para-hydroxylation sites is 1. The second-order valence-corrected chi connectivity index (χ2v) is 18.8. The van der Waals surface area contributed by atoms with E-state index in [1.165, 1.54) is 65.5 Å². The zero-order valence-corrected chi connectivity index (χ0v) is 39.9. The Labute approximate surface area is 423 Å². The molecule has 14 rings (SSSR count). The molecule has 73 heavy (non-hydrogen) atoms. The van der Waals surface area contributed by atoms with E-state index in [-0.39, 0.29) is 0 Å². The Morgan fingerprint density at radius 2 is 0.658 bits per heavy atom. The molecule has 0 N–H and O–H groups in total. The van der Waals surface area contributed by atoms with Crippen molar-refractivity contribution in [2.45, 2.75) is 0 Å². The van der Waals surface area contributed by atoms with E-state index in [9.17, 15) is 0 Å². The summed E-state index contributed by atoms with van der Waals surface area (Å²) in [5.74, 6) is 0. The van der Waals surface area contributed by atoms with Crippen LogP contribution in [0.5, 0.6) is 0 Å². The van der Waals surface area contributed by atoms with Gasteiger partial charge in [0.25, 0.3) is 0 Å². The molecule has 0 amide bonds. The van der Waals surface area contributed by atoms with Crippen molar-refractivity contribution in [1.29, 1.82) is 0 Å². The zero-order chi connectivity index (χ0) is 48.2. The number of hydrogen-bond acceptors (Lipinski definition) is 3.